The molecule has 0 fully saturated rings. The molecule has 1 aromatic heterocycles. The summed E-state index contributed by atoms with van der Waals surface area (Å²) in [5, 5.41) is 10.1. The molecular weight excluding hydrogens is 372 g/mol. The lowest BCUT2D eigenvalue weighted by Crippen LogP contribution is -2.36. The van der Waals surface area contributed by atoms with Gasteiger partial charge in [0.15, 0.2) is 3.79 Å². The fraction of sp³-hybridized carbons (Fsp3) is 0.625. The number of halogens is 4. The van der Waals surface area contributed by atoms with Crippen molar-refractivity contribution >= 4 is 54.0 Å². The van der Waals surface area contributed by atoms with Crippen LogP contribution in [0.15, 0.2) is 18.5 Å². The number of hydrogen-bond acceptors (Lipinski definition) is 7. The normalized spacial score (nSPS) is 14.1. The van der Waals surface area contributed by atoms with E-state index in [2.05, 4.69) is 29.3 Å². The molecule has 0 aliphatic heterocycles. The largest absolute Gasteiger partial charge is 0.638 e. The average Bonchev–Trinajstić information content (AvgIpc) is 2.36. The molecule has 0 aliphatic carbocycles. The molecule has 0 aliphatic rings. The van der Waals surface area contributed by atoms with Gasteiger partial charge in [-0.15, -0.1) is 10.2 Å². The van der Waals surface area contributed by atoms with Crippen LogP contribution >= 0.6 is 45.9 Å². The van der Waals surface area contributed by atoms with E-state index in [1.165, 1.54) is 0 Å². The van der Waals surface area contributed by atoms with E-state index >= 15 is 0 Å². The Balaban J connectivity index is 0.000000493. The maximum atomic E-state index is 9.18. The summed E-state index contributed by atoms with van der Waals surface area (Å²) in [7, 11) is -3.68. The zero-order valence-corrected chi connectivity index (χ0v) is 14.4. The van der Waals surface area contributed by atoms with Gasteiger partial charge in [-0.25, -0.2) is 9.46 Å². The summed E-state index contributed by atoms with van der Waals surface area (Å²) in [6.07, 6.45) is 3.27. The summed E-state index contributed by atoms with van der Waals surface area (Å²) in [6, 6.07) is 1.72. The van der Waals surface area contributed by atoms with Crippen LogP contribution in [0.4, 0.5) is 0 Å². The van der Waals surface area contributed by atoms with Crippen molar-refractivity contribution in [1.82, 2.24) is 15.4 Å². The van der Waals surface area contributed by atoms with Crippen molar-refractivity contribution in [3.8, 4) is 0 Å². The van der Waals surface area contributed by atoms with Gasteiger partial charge in [0, 0.05) is 13.0 Å². The second-order valence-corrected chi connectivity index (χ2v) is 8.43. The zero-order chi connectivity index (χ0) is 15.5. The summed E-state index contributed by atoms with van der Waals surface area (Å²) < 4.78 is 7.69. The molecule has 0 saturated heterocycles. The number of rotatable bonds is 6. The average molecular weight is 385 g/mol. The Morgan fingerprint density at radius 1 is 1.25 bits per heavy atom. The van der Waals surface area contributed by atoms with E-state index in [0.717, 1.165) is 0 Å². The van der Waals surface area contributed by atoms with Crippen LogP contribution in [0.3, 0.4) is 0 Å². The standard InChI is InChI=1S/C5H10Cl4O4Si.C3H3N3/c1-2-12-14(9,10)13-11-4-3-5(6,7)8;1-2-4-6-5-3-1/h10H,2-4H2,1H3;1-3H. The van der Waals surface area contributed by atoms with E-state index in [1.807, 2.05) is 0 Å². The van der Waals surface area contributed by atoms with Crippen LogP contribution in [0, 0.1) is 0 Å². The van der Waals surface area contributed by atoms with Crippen molar-refractivity contribution in [3.05, 3.63) is 18.5 Å². The molecule has 116 valence electrons. The Morgan fingerprint density at radius 3 is 2.20 bits per heavy atom. The fourth-order valence-electron chi connectivity index (χ4n) is 0.679. The van der Waals surface area contributed by atoms with Crippen LogP contribution in [-0.4, -0.2) is 45.3 Å². The molecule has 7 nitrogen and oxygen atoms in total. The minimum absolute atomic E-state index is 0.00833. The molecule has 1 N–H and O–H groups in total. The molecule has 12 heteroatoms. The van der Waals surface area contributed by atoms with Crippen molar-refractivity contribution in [3.63, 3.8) is 0 Å². The molecule has 20 heavy (non-hydrogen) atoms. The molecule has 0 radical (unpaired) electrons. The Labute approximate surface area is 137 Å². The van der Waals surface area contributed by atoms with Crippen molar-refractivity contribution in [2.24, 2.45) is 0 Å². The first-order chi connectivity index (χ1) is 9.27. The van der Waals surface area contributed by atoms with Gasteiger partial charge in [0.2, 0.25) is 0 Å². The minimum atomic E-state index is -3.68. The van der Waals surface area contributed by atoms with Gasteiger partial charge in [0.05, 0.1) is 19.0 Å². The van der Waals surface area contributed by atoms with Crippen LogP contribution < -0.4 is 0 Å². The van der Waals surface area contributed by atoms with Crippen molar-refractivity contribution in [2.45, 2.75) is 17.1 Å². The molecule has 1 rings (SSSR count). The zero-order valence-electron chi connectivity index (χ0n) is 10.4. The number of alkyl halides is 3. The lowest BCUT2D eigenvalue weighted by atomic mass is 10.5. The van der Waals surface area contributed by atoms with Gasteiger partial charge in [-0.2, -0.15) is 0 Å². The molecule has 1 aromatic rings. The SMILES string of the molecule is CCO[Si](O)(Cl)OOCCC(Cl)(Cl)Cl.c1cnnnc1. The Bertz CT molecular complexity index is 318. The number of hydrogen-bond donors (Lipinski definition) is 1. The van der Waals surface area contributed by atoms with Crippen molar-refractivity contribution in [2.75, 3.05) is 13.2 Å². The van der Waals surface area contributed by atoms with Gasteiger partial charge in [0.25, 0.3) is 0 Å². The first kappa shape index (κ1) is 20.2. The molecule has 0 amide bonds. The molecule has 1 heterocycles. The maximum absolute atomic E-state index is 9.18. The summed E-state index contributed by atoms with van der Waals surface area (Å²) >= 11 is 21.7. The molecule has 0 bridgehead atoms. The van der Waals surface area contributed by atoms with E-state index in [4.69, 9.17) is 45.9 Å². The smallest absolute Gasteiger partial charge is 0.376 e. The van der Waals surface area contributed by atoms with Gasteiger partial charge in [-0.1, -0.05) is 45.9 Å². The first-order valence-corrected chi connectivity index (χ1v) is 9.18. The van der Waals surface area contributed by atoms with Crippen LogP contribution in [0.25, 0.3) is 0 Å². The Morgan fingerprint density at radius 2 is 1.85 bits per heavy atom. The Kier molecular flexibility index (Phi) is 11.0. The van der Waals surface area contributed by atoms with E-state index < -0.39 is 11.9 Å². The minimum Gasteiger partial charge on any atom is -0.376 e. The van der Waals surface area contributed by atoms with E-state index in [0.29, 0.717) is 0 Å². The summed E-state index contributed by atoms with van der Waals surface area (Å²) in [4.78, 5) is 13.7. The highest BCUT2D eigenvalue weighted by molar-refractivity contribution is 7.08. The fourth-order valence-corrected chi connectivity index (χ4v) is 2.00. The Hall–Kier alpha value is 0.227. The third kappa shape index (κ3) is 14.6. The van der Waals surface area contributed by atoms with Crippen LogP contribution in [0.2, 0.25) is 0 Å². The van der Waals surface area contributed by atoms with E-state index in [1.54, 1.807) is 25.4 Å². The van der Waals surface area contributed by atoms with Gasteiger partial charge in [-0.3, -0.25) is 0 Å². The van der Waals surface area contributed by atoms with E-state index in [9.17, 15) is 4.80 Å². The second-order valence-electron chi connectivity index (χ2n) is 3.02. The van der Waals surface area contributed by atoms with E-state index in [-0.39, 0.29) is 19.6 Å². The second kappa shape index (κ2) is 10.9. The molecule has 0 aromatic carbocycles. The summed E-state index contributed by atoms with van der Waals surface area (Å²) in [5.74, 6) is 0. The van der Waals surface area contributed by atoms with Gasteiger partial charge < -0.3 is 9.22 Å². The quantitative estimate of drug-likeness (QED) is 0.201. The van der Waals surface area contributed by atoms with Gasteiger partial charge in [-0.05, 0) is 18.2 Å². The summed E-state index contributed by atoms with van der Waals surface area (Å²) in [5.41, 5.74) is 0. The third-order valence-electron chi connectivity index (χ3n) is 1.36. The molecule has 0 saturated carbocycles. The maximum Gasteiger partial charge on any atom is 0.638 e. The van der Waals surface area contributed by atoms with Gasteiger partial charge >= 0.3 is 8.11 Å². The van der Waals surface area contributed by atoms with Crippen molar-refractivity contribution in [1.29, 1.82) is 0 Å². The molecule has 1 atom stereocenters. The highest BCUT2D eigenvalue weighted by atomic mass is 35.6. The highest BCUT2D eigenvalue weighted by Crippen LogP contribution is 2.29. The summed E-state index contributed by atoms with van der Waals surface area (Å²) in [6.45, 7) is 1.87. The van der Waals surface area contributed by atoms with Crippen LogP contribution in [-0.2, 0) is 13.9 Å². The predicted octanol–water partition coefficient (Wildman–Crippen LogP) is 2.27. The highest BCUT2D eigenvalue weighted by Gasteiger charge is 2.36. The number of aromatic nitrogens is 3. The lowest BCUT2D eigenvalue weighted by Gasteiger charge is -2.15. The lowest BCUT2D eigenvalue weighted by molar-refractivity contribution is -0.241. The molecule has 1 unspecified atom stereocenters. The van der Waals surface area contributed by atoms with Crippen LogP contribution in [0.1, 0.15) is 13.3 Å². The van der Waals surface area contributed by atoms with Crippen LogP contribution in [0.5, 0.6) is 0 Å². The predicted molar refractivity (Wildman–Crippen MR) is 77.2 cm³/mol. The van der Waals surface area contributed by atoms with Crippen molar-refractivity contribution < 1.29 is 18.7 Å². The molecular formula is C8H13Cl4N3O4Si. The third-order valence-corrected chi connectivity index (χ3v) is 3.41. The van der Waals surface area contributed by atoms with Gasteiger partial charge in [0.1, 0.15) is 0 Å². The molecule has 0 spiro atoms. The number of nitrogens with zero attached hydrogens (tertiary/aromatic N) is 3. The first-order valence-electron chi connectivity index (χ1n) is 5.28. The monoisotopic (exact) mass is 383 g/mol. The topological polar surface area (TPSA) is 86.6 Å².